The maximum Gasteiger partial charge on any atom is 0.228 e. The molecule has 17 heavy (non-hydrogen) atoms. The van der Waals surface area contributed by atoms with E-state index >= 15 is 0 Å². The Morgan fingerprint density at radius 3 is 2.94 bits per heavy atom. The van der Waals surface area contributed by atoms with Crippen molar-refractivity contribution < 1.29 is 19.4 Å². The first-order chi connectivity index (χ1) is 8.31. The largest absolute Gasteiger partial charge is 0.400 e. The molecule has 1 fully saturated rings. The Morgan fingerprint density at radius 1 is 1.53 bits per heavy atom. The summed E-state index contributed by atoms with van der Waals surface area (Å²) < 4.78 is 10.8. The van der Waals surface area contributed by atoms with Gasteiger partial charge in [-0.2, -0.15) is 0 Å². The molecule has 2 atom stereocenters. The molecule has 0 radical (unpaired) electrons. The van der Waals surface area contributed by atoms with E-state index in [9.17, 15) is 4.79 Å². The van der Waals surface area contributed by atoms with E-state index in [2.05, 4.69) is 0 Å². The van der Waals surface area contributed by atoms with Crippen LogP contribution >= 0.6 is 0 Å². The molecule has 1 amide bonds. The number of hydrogen-bond acceptors (Lipinski definition) is 4. The lowest BCUT2D eigenvalue weighted by Crippen LogP contribution is -2.37. The number of methoxy groups -OCH3 is 1. The number of nitrogens with zero attached hydrogens (tertiary/aromatic N) is 1. The molecule has 2 aliphatic rings. The second kappa shape index (κ2) is 7.42. The van der Waals surface area contributed by atoms with Crippen molar-refractivity contribution >= 4 is 5.91 Å². The zero-order chi connectivity index (χ0) is 12.7. The fourth-order valence-electron chi connectivity index (χ4n) is 2.06. The fraction of sp³-hybridized carbons (Fsp3) is 0.750. The number of rotatable bonds is 3. The van der Waals surface area contributed by atoms with Crippen LogP contribution in [-0.2, 0) is 14.3 Å². The number of hydrogen-bond donors (Lipinski definition) is 1. The molecule has 2 unspecified atom stereocenters. The van der Waals surface area contributed by atoms with Gasteiger partial charge in [-0.25, -0.2) is 0 Å². The van der Waals surface area contributed by atoms with Crippen molar-refractivity contribution in [2.45, 2.75) is 38.0 Å². The van der Waals surface area contributed by atoms with Crippen LogP contribution in [0.3, 0.4) is 0 Å². The second-order valence-electron chi connectivity index (χ2n) is 3.97. The van der Waals surface area contributed by atoms with Crippen LogP contribution in [-0.4, -0.2) is 49.1 Å². The van der Waals surface area contributed by atoms with Gasteiger partial charge in [0, 0.05) is 26.8 Å². The number of carbonyl (C=O) groups is 1. The van der Waals surface area contributed by atoms with Crippen molar-refractivity contribution in [1.82, 2.24) is 4.90 Å². The van der Waals surface area contributed by atoms with Crippen molar-refractivity contribution in [1.29, 1.82) is 0 Å². The Labute approximate surface area is 102 Å². The molecule has 0 aromatic rings. The van der Waals surface area contributed by atoms with Crippen LogP contribution in [0.2, 0.25) is 0 Å². The monoisotopic (exact) mass is 243 g/mol. The number of amides is 1. The number of allylic oxidation sites excluding steroid dienone is 1. The summed E-state index contributed by atoms with van der Waals surface area (Å²) in [5.74, 6) is 0.167. The topological polar surface area (TPSA) is 59.0 Å². The third-order valence-electron chi connectivity index (χ3n) is 2.83. The van der Waals surface area contributed by atoms with Gasteiger partial charge in [0.1, 0.15) is 6.23 Å². The van der Waals surface area contributed by atoms with Crippen LogP contribution in [0, 0.1) is 0 Å². The summed E-state index contributed by atoms with van der Waals surface area (Å²) in [4.78, 5) is 13.3. The third-order valence-corrected chi connectivity index (χ3v) is 2.83. The molecule has 0 spiro atoms. The molecule has 0 aliphatic carbocycles. The third kappa shape index (κ3) is 3.80. The van der Waals surface area contributed by atoms with Gasteiger partial charge < -0.3 is 14.6 Å². The van der Waals surface area contributed by atoms with Gasteiger partial charge in [0.2, 0.25) is 5.91 Å². The minimum Gasteiger partial charge on any atom is -0.400 e. The standard InChI is InChI=1S/C11H17NO3.CH4O/c1-14-8-9-5-6-11(15-9)12-7-3-2-4-10(12)13;1-2/h3,7,9,11H,2,4-6,8H2,1H3;2H,1H3. The molecule has 5 heteroatoms. The summed E-state index contributed by atoms with van der Waals surface area (Å²) in [6.45, 7) is 0.613. The van der Waals surface area contributed by atoms with Gasteiger partial charge in [0.05, 0.1) is 12.7 Å². The van der Waals surface area contributed by atoms with Crippen molar-refractivity contribution in [3.63, 3.8) is 0 Å². The lowest BCUT2D eigenvalue weighted by atomic mass is 10.2. The van der Waals surface area contributed by atoms with E-state index in [0.717, 1.165) is 26.4 Å². The van der Waals surface area contributed by atoms with E-state index < -0.39 is 0 Å². The summed E-state index contributed by atoms with van der Waals surface area (Å²) in [5, 5.41) is 7.00. The number of ether oxygens (including phenoxy) is 2. The smallest absolute Gasteiger partial charge is 0.228 e. The zero-order valence-electron chi connectivity index (χ0n) is 10.5. The highest BCUT2D eigenvalue weighted by Crippen LogP contribution is 2.25. The van der Waals surface area contributed by atoms with Gasteiger partial charge >= 0.3 is 0 Å². The van der Waals surface area contributed by atoms with Crippen LogP contribution in [0.4, 0.5) is 0 Å². The van der Waals surface area contributed by atoms with Gasteiger partial charge in [-0.1, -0.05) is 6.08 Å². The fourth-order valence-corrected chi connectivity index (χ4v) is 2.06. The average Bonchev–Trinajstić information content (AvgIpc) is 2.81. The lowest BCUT2D eigenvalue weighted by molar-refractivity contribution is -0.141. The van der Waals surface area contributed by atoms with Crippen LogP contribution in [0.5, 0.6) is 0 Å². The van der Waals surface area contributed by atoms with E-state index in [4.69, 9.17) is 14.6 Å². The summed E-state index contributed by atoms with van der Waals surface area (Å²) in [6, 6.07) is 0. The van der Waals surface area contributed by atoms with E-state index in [1.165, 1.54) is 0 Å². The molecule has 2 rings (SSSR count). The van der Waals surface area contributed by atoms with Gasteiger partial charge in [0.25, 0.3) is 0 Å². The highest BCUT2D eigenvalue weighted by Gasteiger charge is 2.32. The summed E-state index contributed by atoms with van der Waals surface area (Å²) in [7, 11) is 2.67. The molecule has 0 bridgehead atoms. The van der Waals surface area contributed by atoms with Gasteiger partial charge in [-0.05, 0) is 19.3 Å². The quantitative estimate of drug-likeness (QED) is 0.799. The Hall–Kier alpha value is -0.910. The molecule has 0 saturated carbocycles. The van der Waals surface area contributed by atoms with Crippen LogP contribution in [0.25, 0.3) is 0 Å². The van der Waals surface area contributed by atoms with Crippen LogP contribution in [0.1, 0.15) is 25.7 Å². The first-order valence-corrected chi connectivity index (χ1v) is 5.88. The lowest BCUT2D eigenvalue weighted by Gasteiger charge is -2.27. The molecule has 1 saturated heterocycles. The number of aliphatic hydroxyl groups is 1. The number of carbonyl (C=O) groups excluding carboxylic acids is 1. The molecule has 0 aromatic carbocycles. The molecule has 0 aromatic heterocycles. The van der Waals surface area contributed by atoms with Crippen molar-refractivity contribution in [3.05, 3.63) is 12.3 Å². The second-order valence-corrected chi connectivity index (χ2v) is 3.97. The molecule has 5 nitrogen and oxygen atoms in total. The first-order valence-electron chi connectivity index (χ1n) is 5.88. The van der Waals surface area contributed by atoms with Crippen LogP contribution < -0.4 is 0 Å². The Morgan fingerprint density at radius 2 is 2.29 bits per heavy atom. The Kier molecular flexibility index (Phi) is 6.18. The Balaban J connectivity index is 0.000000686. The predicted octanol–water partition coefficient (Wildman–Crippen LogP) is 0.883. The molecular weight excluding hydrogens is 222 g/mol. The number of aliphatic hydroxyl groups excluding tert-OH is 1. The molecule has 1 N–H and O–H groups in total. The minimum absolute atomic E-state index is 0.0748. The predicted molar refractivity (Wildman–Crippen MR) is 63.1 cm³/mol. The van der Waals surface area contributed by atoms with Crippen molar-refractivity contribution in [2.75, 3.05) is 20.8 Å². The SMILES string of the molecule is CO.COCC1CCC(N2C=CCCC2=O)O1. The zero-order valence-corrected chi connectivity index (χ0v) is 10.5. The summed E-state index contributed by atoms with van der Waals surface area (Å²) in [5.41, 5.74) is 0. The van der Waals surface area contributed by atoms with Gasteiger partial charge in [-0.3, -0.25) is 9.69 Å². The van der Waals surface area contributed by atoms with E-state index in [0.29, 0.717) is 13.0 Å². The maximum absolute atomic E-state index is 11.6. The van der Waals surface area contributed by atoms with Crippen molar-refractivity contribution in [3.8, 4) is 0 Å². The van der Waals surface area contributed by atoms with E-state index in [1.807, 2.05) is 12.3 Å². The normalized spacial score (nSPS) is 27.9. The minimum atomic E-state index is -0.0748. The van der Waals surface area contributed by atoms with Gasteiger partial charge in [-0.15, -0.1) is 0 Å². The van der Waals surface area contributed by atoms with E-state index in [1.54, 1.807) is 12.0 Å². The molecule has 2 heterocycles. The Bertz CT molecular complexity index is 267. The van der Waals surface area contributed by atoms with Crippen molar-refractivity contribution in [2.24, 2.45) is 0 Å². The molecule has 2 aliphatic heterocycles. The first kappa shape index (κ1) is 14.2. The van der Waals surface area contributed by atoms with Gasteiger partial charge in [0.15, 0.2) is 0 Å². The molecule has 98 valence electrons. The van der Waals surface area contributed by atoms with Crippen LogP contribution in [0.15, 0.2) is 12.3 Å². The molecular formula is C12H21NO4. The van der Waals surface area contributed by atoms with E-state index in [-0.39, 0.29) is 18.2 Å². The summed E-state index contributed by atoms with van der Waals surface area (Å²) in [6.07, 6.45) is 7.27. The highest BCUT2D eigenvalue weighted by molar-refractivity contribution is 5.78. The average molecular weight is 243 g/mol. The maximum atomic E-state index is 11.6. The summed E-state index contributed by atoms with van der Waals surface area (Å²) >= 11 is 0. The highest BCUT2D eigenvalue weighted by atomic mass is 16.5.